The summed E-state index contributed by atoms with van der Waals surface area (Å²) in [5.74, 6) is 0.788. The minimum Gasteiger partial charge on any atom is -0.494 e. The normalized spacial score (nSPS) is 11.1. The van der Waals surface area contributed by atoms with E-state index in [4.69, 9.17) is 10.5 Å². The minimum absolute atomic E-state index is 0.251. The summed E-state index contributed by atoms with van der Waals surface area (Å²) in [6, 6.07) is 4.62. The van der Waals surface area contributed by atoms with Crippen molar-refractivity contribution in [2.24, 2.45) is 0 Å². The molecule has 1 aromatic heterocycles. The number of aromatic nitrogens is 1. The molecule has 0 amide bonds. The average molecular weight is 234 g/mol. The molecule has 0 aliphatic carbocycles. The molecule has 0 aliphatic rings. The maximum atomic E-state index is 13.4. The molecule has 17 heavy (non-hydrogen) atoms. The number of nitrogens with zero attached hydrogens (tertiary/aromatic N) is 1. The molecule has 0 aliphatic heterocycles. The Morgan fingerprint density at radius 2 is 2.00 bits per heavy atom. The molecule has 0 radical (unpaired) electrons. The Kier molecular flexibility index (Phi) is 2.88. The van der Waals surface area contributed by atoms with E-state index in [0.717, 1.165) is 5.56 Å². The number of rotatable bonds is 2. The number of hydrogen-bond donors (Lipinski definition) is 1. The van der Waals surface area contributed by atoms with Crippen LogP contribution in [0.4, 0.5) is 10.2 Å². The average Bonchev–Trinajstić information content (AvgIpc) is 2.27. The van der Waals surface area contributed by atoms with Crippen molar-refractivity contribution >= 4 is 16.7 Å². The van der Waals surface area contributed by atoms with E-state index in [1.807, 2.05) is 19.9 Å². The lowest BCUT2D eigenvalue weighted by molar-refractivity contribution is 0.415. The number of ether oxygens (including phenoxy) is 1. The standard InChI is InChI=1S/C13H15FN2O/c1-7(2)10-5-8-4-9(14)6-11(17-3)12(8)16-13(10)15/h4-7H,1-3H3,(H2,15,16). The number of benzene rings is 1. The molecular formula is C13H15FN2O. The second-order valence-electron chi connectivity index (χ2n) is 4.30. The van der Waals surface area contributed by atoms with Gasteiger partial charge in [0.15, 0.2) is 0 Å². The van der Waals surface area contributed by atoms with E-state index in [1.54, 1.807) is 0 Å². The van der Waals surface area contributed by atoms with Crippen molar-refractivity contribution < 1.29 is 9.13 Å². The van der Waals surface area contributed by atoms with E-state index in [1.165, 1.54) is 19.2 Å². The SMILES string of the molecule is COc1cc(F)cc2cc(C(C)C)c(N)nc12. The first-order chi connectivity index (χ1) is 8.02. The Hall–Kier alpha value is -1.84. The van der Waals surface area contributed by atoms with Crippen molar-refractivity contribution in [1.82, 2.24) is 4.98 Å². The summed E-state index contributed by atoms with van der Waals surface area (Å²) in [7, 11) is 1.49. The third kappa shape index (κ3) is 2.02. The molecule has 3 nitrogen and oxygen atoms in total. The highest BCUT2D eigenvalue weighted by atomic mass is 19.1. The van der Waals surface area contributed by atoms with Gasteiger partial charge < -0.3 is 10.5 Å². The van der Waals surface area contributed by atoms with E-state index in [9.17, 15) is 4.39 Å². The van der Waals surface area contributed by atoms with Crippen molar-refractivity contribution in [3.63, 3.8) is 0 Å². The van der Waals surface area contributed by atoms with E-state index < -0.39 is 0 Å². The molecule has 90 valence electrons. The number of nitrogens with two attached hydrogens (primary N) is 1. The van der Waals surface area contributed by atoms with Crippen LogP contribution in [-0.4, -0.2) is 12.1 Å². The predicted octanol–water partition coefficient (Wildman–Crippen LogP) is 3.09. The molecule has 4 heteroatoms. The number of pyridine rings is 1. The highest BCUT2D eigenvalue weighted by molar-refractivity contribution is 5.87. The van der Waals surface area contributed by atoms with Gasteiger partial charge in [-0.15, -0.1) is 0 Å². The van der Waals surface area contributed by atoms with Crippen molar-refractivity contribution in [1.29, 1.82) is 0 Å². The lowest BCUT2D eigenvalue weighted by Crippen LogP contribution is -2.01. The van der Waals surface area contributed by atoms with Crippen molar-refractivity contribution in [3.05, 3.63) is 29.6 Å². The molecule has 2 N–H and O–H groups in total. The van der Waals surface area contributed by atoms with Gasteiger partial charge in [-0.2, -0.15) is 0 Å². The zero-order chi connectivity index (χ0) is 12.6. The summed E-state index contributed by atoms with van der Waals surface area (Å²) in [5, 5.41) is 0.708. The van der Waals surface area contributed by atoms with Crippen LogP contribution in [0.15, 0.2) is 18.2 Å². The van der Waals surface area contributed by atoms with Gasteiger partial charge in [-0.05, 0) is 23.6 Å². The Labute approximate surface area is 99.4 Å². The molecule has 2 rings (SSSR count). The maximum Gasteiger partial charge on any atom is 0.148 e. The van der Waals surface area contributed by atoms with E-state index in [-0.39, 0.29) is 11.7 Å². The van der Waals surface area contributed by atoms with Crippen molar-refractivity contribution in [2.45, 2.75) is 19.8 Å². The maximum absolute atomic E-state index is 13.4. The van der Waals surface area contributed by atoms with E-state index in [2.05, 4.69) is 4.98 Å². The Balaban J connectivity index is 2.78. The van der Waals surface area contributed by atoms with Crippen molar-refractivity contribution in [3.8, 4) is 5.75 Å². The zero-order valence-electron chi connectivity index (χ0n) is 10.1. The summed E-state index contributed by atoms with van der Waals surface area (Å²) in [4.78, 5) is 4.29. The third-order valence-electron chi connectivity index (χ3n) is 2.75. The first kappa shape index (κ1) is 11.6. The number of methoxy groups -OCH3 is 1. The quantitative estimate of drug-likeness (QED) is 0.868. The number of anilines is 1. The van der Waals surface area contributed by atoms with Crippen LogP contribution in [0.25, 0.3) is 10.9 Å². The summed E-state index contributed by atoms with van der Waals surface area (Å²) in [6.45, 7) is 4.05. The van der Waals surface area contributed by atoms with E-state index >= 15 is 0 Å². The fourth-order valence-electron chi connectivity index (χ4n) is 1.87. The molecule has 0 saturated carbocycles. The molecule has 0 bridgehead atoms. The molecular weight excluding hydrogens is 219 g/mol. The van der Waals surface area contributed by atoms with Gasteiger partial charge in [-0.3, -0.25) is 0 Å². The molecule has 1 heterocycles. The van der Waals surface area contributed by atoms with Crippen molar-refractivity contribution in [2.75, 3.05) is 12.8 Å². The number of hydrogen-bond acceptors (Lipinski definition) is 3. The van der Waals surface area contributed by atoms with Crippen LogP contribution in [-0.2, 0) is 0 Å². The zero-order valence-corrected chi connectivity index (χ0v) is 10.1. The van der Waals surface area contributed by atoms with Gasteiger partial charge in [0.25, 0.3) is 0 Å². The van der Waals surface area contributed by atoms with Crippen LogP contribution in [0.5, 0.6) is 5.75 Å². The minimum atomic E-state index is -0.337. The molecule has 2 aromatic rings. The third-order valence-corrected chi connectivity index (χ3v) is 2.75. The lowest BCUT2D eigenvalue weighted by atomic mass is 10.0. The molecule has 0 unspecified atom stereocenters. The molecule has 0 spiro atoms. The number of fused-ring (bicyclic) bond motifs is 1. The van der Waals surface area contributed by atoms with Crippen LogP contribution in [0, 0.1) is 5.82 Å². The summed E-state index contributed by atoms with van der Waals surface area (Å²) < 4.78 is 18.5. The smallest absolute Gasteiger partial charge is 0.148 e. The van der Waals surface area contributed by atoms with Gasteiger partial charge in [-0.1, -0.05) is 13.8 Å². The topological polar surface area (TPSA) is 48.1 Å². The largest absolute Gasteiger partial charge is 0.494 e. The summed E-state index contributed by atoms with van der Waals surface area (Å²) >= 11 is 0. The first-order valence-corrected chi connectivity index (χ1v) is 5.46. The van der Waals surface area contributed by atoms with Gasteiger partial charge in [0.1, 0.15) is 22.9 Å². The van der Waals surface area contributed by atoms with Gasteiger partial charge in [-0.25, -0.2) is 9.37 Å². The van der Waals surface area contributed by atoms with E-state index in [0.29, 0.717) is 22.5 Å². The molecule has 0 saturated heterocycles. The molecule has 1 aromatic carbocycles. The van der Waals surface area contributed by atoms with Gasteiger partial charge in [0.2, 0.25) is 0 Å². The summed E-state index contributed by atoms with van der Waals surface area (Å²) in [5.41, 5.74) is 7.40. The number of nitrogen functional groups attached to an aromatic ring is 1. The second kappa shape index (κ2) is 4.20. The van der Waals surface area contributed by atoms with Crippen LogP contribution >= 0.6 is 0 Å². The Bertz CT molecular complexity index is 567. The van der Waals surface area contributed by atoms with Gasteiger partial charge in [0.05, 0.1) is 7.11 Å². The lowest BCUT2D eigenvalue weighted by Gasteiger charge is -2.12. The van der Waals surface area contributed by atoms with Crippen LogP contribution in [0.3, 0.4) is 0 Å². The van der Waals surface area contributed by atoms with Crippen LogP contribution < -0.4 is 10.5 Å². The Morgan fingerprint density at radius 3 is 2.59 bits per heavy atom. The highest BCUT2D eigenvalue weighted by Crippen LogP contribution is 2.30. The monoisotopic (exact) mass is 234 g/mol. The predicted molar refractivity (Wildman–Crippen MR) is 66.8 cm³/mol. The summed E-state index contributed by atoms with van der Waals surface area (Å²) in [6.07, 6.45) is 0. The van der Waals surface area contributed by atoms with Crippen LogP contribution in [0.1, 0.15) is 25.3 Å². The fourth-order valence-corrected chi connectivity index (χ4v) is 1.87. The molecule has 0 atom stereocenters. The van der Waals surface area contributed by atoms with Crippen LogP contribution in [0.2, 0.25) is 0 Å². The van der Waals surface area contributed by atoms with Gasteiger partial charge >= 0.3 is 0 Å². The first-order valence-electron chi connectivity index (χ1n) is 5.46. The second-order valence-corrected chi connectivity index (χ2v) is 4.30. The molecule has 0 fully saturated rings. The Morgan fingerprint density at radius 1 is 1.29 bits per heavy atom. The highest BCUT2D eigenvalue weighted by Gasteiger charge is 2.12. The number of halogens is 1. The fraction of sp³-hybridized carbons (Fsp3) is 0.308. The van der Waals surface area contributed by atoms with Gasteiger partial charge in [0, 0.05) is 11.5 Å².